The van der Waals surface area contributed by atoms with Gasteiger partial charge in [-0.3, -0.25) is 10.1 Å². The van der Waals surface area contributed by atoms with Gasteiger partial charge in [-0.15, -0.1) is 11.3 Å². The molecule has 0 saturated carbocycles. The number of carbonyl (C=O) groups is 1. The van der Waals surface area contributed by atoms with Gasteiger partial charge in [-0.05, 0) is 41.8 Å². The Kier molecular flexibility index (Phi) is 4.97. The third kappa shape index (κ3) is 4.04. The van der Waals surface area contributed by atoms with Crippen LogP contribution in [-0.4, -0.2) is 10.9 Å². The second-order valence-electron chi connectivity index (χ2n) is 6.23. The van der Waals surface area contributed by atoms with E-state index in [0.29, 0.717) is 15.7 Å². The maximum absolute atomic E-state index is 12.4. The van der Waals surface area contributed by atoms with E-state index in [2.05, 4.69) is 41.5 Å². The number of nitrogens with zero attached hydrogens (tertiary/aromatic N) is 1. The Morgan fingerprint density at radius 3 is 2.70 bits per heavy atom. The Morgan fingerprint density at radius 2 is 1.93 bits per heavy atom. The molecule has 0 saturated heterocycles. The molecule has 0 atom stereocenters. The minimum absolute atomic E-state index is 0.235. The molecule has 0 fully saturated rings. The molecule has 0 bridgehead atoms. The molecule has 0 spiro atoms. The van der Waals surface area contributed by atoms with Crippen molar-refractivity contribution in [3.05, 3.63) is 81.5 Å². The van der Waals surface area contributed by atoms with Gasteiger partial charge >= 0.3 is 0 Å². The van der Waals surface area contributed by atoms with Gasteiger partial charge in [-0.1, -0.05) is 42.8 Å². The molecule has 2 heterocycles. The van der Waals surface area contributed by atoms with Crippen molar-refractivity contribution >= 4 is 44.9 Å². The van der Waals surface area contributed by atoms with Crippen molar-refractivity contribution in [2.24, 2.45) is 0 Å². The van der Waals surface area contributed by atoms with E-state index in [1.807, 2.05) is 0 Å². The molecule has 6 heteroatoms. The van der Waals surface area contributed by atoms with Gasteiger partial charge in [0.1, 0.15) is 5.58 Å². The molecule has 27 heavy (non-hydrogen) atoms. The molecule has 2 aromatic heterocycles. The first-order valence-corrected chi connectivity index (χ1v) is 9.83. The summed E-state index contributed by atoms with van der Waals surface area (Å²) in [6, 6.07) is 15.5. The molecule has 0 radical (unpaired) electrons. The van der Waals surface area contributed by atoms with Crippen LogP contribution in [0.25, 0.3) is 11.0 Å². The maximum atomic E-state index is 12.4. The molecule has 0 unspecified atom stereocenters. The second-order valence-corrected chi connectivity index (χ2v) is 7.78. The van der Waals surface area contributed by atoms with Crippen LogP contribution in [-0.2, 0) is 12.8 Å². The van der Waals surface area contributed by atoms with E-state index < -0.39 is 0 Å². The number of amides is 1. The first-order chi connectivity index (χ1) is 13.1. The highest BCUT2D eigenvalue weighted by molar-refractivity contribution is 7.15. The predicted octanol–water partition coefficient (Wildman–Crippen LogP) is 5.95. The predicted molar refractivity (Wildman–Crippen MR) is 110 cm³/mol. The fourth-order valence-electron chi connectivity index (χ4n) is 2.83. The van der Waals surface area contributed by atoms with E-state index in [0.717, 1.165) is 23.1 Å². The number of furan rings is 1. The first kappa shape index (κ1) is 17.8. The number of fused-ring (bicyclic) bond motifs is 1. The van der Waals surface area contributed by atoms with E-state index in [1.54, 1.807) is 30.5 Å². The molecule has 0 aliphatic rings. The van der Waals surface area contributed by atoms with Crippen LogP contribution in [0.15, 0.2) is 59.1 Å². The largest absolute Gasteiger partial charge is 0.451 e. The number of rotatable bonds is 5. The lowest BCUT2D eigenvalue weighted by molar-refractivity contribution is 0.0998. The fraction of sp³-hybridized carbons (Fsp3) is 0.143. The van der Waals surface area contributed by atoms with Gasteiger partial charge in [0.25, 0.3) is 5.91 Å². The van der Waals surface area contributed by atoms with Gasteiger partial charge in [0.15, 0.2) is 10.9 Å². The lowest BCUT2D eigenvalue weighted by atomic mass is 10.1. The van der Waals surface area contributed by atoms with Gasteiger partial charge in [-0.25, -0.2) is 4.98 Å². The number of benzene rings is 2. The standard InChI is InChI=1S/C21H17ClN2O2S/c1-2-13-3-5-14(6-4-13)9-17-12-23-21(27-17)24-20(25)19-11-15-10-16(22)7-8-18(15)26-19/h3-8,10-12H,2,9H2,1H3,(H,23,24,25). The highest BCUT2D eigenvalue weighted by Gasteiger charge is 2.14. The number of carbonyl (C=O) groups excluding carboxylic acids is 1. The SMILES string of the molecule is CCc1ccc(Cc2cnc(NC(=O)c3cc4cc(Cl)ccc4o3)s2)cc1. The number of aromatic nitrogens is 1. The zero-order valence-corrected chi connectivity index (χ0v) is 16.2. The van der Waals surface area contributed by atoms with Crippen molar-refractivity contribution in [2.75, 3.05) is 5.32 Å². The smallest absolute Gasteiger partial charge is 0.293 e. The number of anilines is 1. The summed E-state index contributed by atoms with van der Waals surface area (Å²) in [6.07, 6.45) is 3.62. The van der Waals surface area contributed by atoms with Crippen molar-refractivity contribution in [1.29, 1.82) is 0 Å². The third-order valence-electron chi connectivity index (χ3n) is 4.29. The highest BCUT2D eigenvalue weighted by atomic mass is 35.5. The van der Waals surface area contributed by atoms with E-state index >= 15 is 0 Å². The van der Waals surface area contributed by atoms with Crippen LogP contribution in [0.3, 0.4) is 0 Å². The Labute approximate surface area is 165 Å². The normalized spacial score (nSPS) is 11.0. The van der Waals surface area contributed by atoms with E-state index in [1.165, 1.54) is 22.5 Å². The summed E-state index contributed by atoms with van der Waals surface area (Å²) in [5.41, 5.74) is 3.17. The average Bonchev–Trinajstić information content (AvgIpc) is 3.28. The van der Waals surface area contributed by atoms with Crippen LogP contribution in [0, 0.1) is 0 Å². The lowest BCUT2D eigenvalue weighted by Gasteiger charge is -2.00. The zero-order valence-electron chi connectivity index (χ0n) is 14.7. The summed E-state index contributed by atoms with van der Waals surface area (Å²) in [4.78, 5) is 17.8. The molecule has 0 aliphatic carbocycles. The minimum atomic E-state index is -0.324. The van der Waals surface area contributed by atoms with Crippen LogP contribution in [0.1, 0.15) is 33.5 Å². The van der Waals surface area contributed by atoms with Gasteiger partial charge in [-0.2, -0.15) is 0 Å². The Bertz CT molecular complexity index is 1100. The number of aryl methyl sites for hydroxylation is 1. The average molecular weight is 397 g/mol. The Balaban J connectivity index is 1.45. The summed E-state index contributed by atoms with van der Waals surface area (Å²) in [5.74, 6) is -0.0882. The first-order valence-electron chi connectivity index (χ1n) is 8.63. The van der Waals surface area contributed by atoms with Gasteiger partial charge < -0.3 is 4.42 Å². The van der Waals surface area contributed by atoms with E-state index in [4.69, 9.17) is 16.0 Å². The fourth-order valence-corrected chi connectivity index (χ4v) is 3.85. The number of hydrogen-bond donors (Lipinski definition) is 1. The lowest BCUT2D eigenvalue weighted by Crippen LogP contribution is -2.10. The molecule has 136 valence electrons. The second kappa shape index (κ2) is 7.55. The van der Waals surface area contributed by atoms with Crippen LogP contribution in [0.4, 0.5) is 5.13 Å². The maximum Gasteiger partial charge on any atom is 0.293 e. The summed E-state index contributed by atoms with van der Waals surface area (Å²) < 4.78 is 5.59. The molecule has 4 nitrogen and oxygen atoms in total. The van der Waals surface area contributed by atoms with Crippen LogP contribution in [0.2, 0.25) is 5.02 Å². The number of nitrogens with one attached hydrogen (secondary N) is 1. The molecular weight excluding hydrogens is 380 g/mol. The van der Waals surface area contributed by atoms with Crippen molar-refractivity contribution in [2.45, 2.75) is 19.8 Å². The van der Waals surface area contributed by atoms with Crippen molar-refractivity contribution < 1.29 is 9.21 Å². The van der Waals surface area contributed by atoms with Gasteiger partial charge in [0, 0.05) is 27.9 Å². The van der Waals surface area contributed by atoms with Crippen LogP contribution in [0.5, 0.6) is 0 Å². The summed E-state index contributed by atoms with van der Waals surface area (Å²) >= 11 is 7.44. The van der Waals surface area contributed by atoms with Crippen molar-refractivity contribution in [3.63, 3.8) is 0 Å². The van der Waals surface area contributed by atoms with E-state index in [-0.39, 0.29) is 11.7 Å². The summed E-state index contributed by atoms with van der Waals surface area (Å²) in [7, 11) is 0. The highest BCUT2D eigenvalue weighted by Crippen LogP contribution is 2.25. The molecule has 1 N–H and O–H groups in total. The molecule has 2 aromatic carbocycles. The van der Waals surface area contributed by atoms with Crippen LogP contribution < -0.4 is 5.32 Å². The molecule has 4 aromatic rings. The summed E-state index contributed by atoms with van der Waals surface area (Å²) in [6.45, 7) is 2.14. The topological polar surface area (TPSA) is 55.1 Å². The third-order valence-corrected chi connectivity index (χ3v) is 5.43. The van der Waals surface area contributed by atoms with Crippen LogP contribution >= 0.6 is 22.9 Å². The molecule has 0 aliphatic heterocycles. The minimum Gasteiger partial charge on any atom is -0.451 e. The molecule has 1 amide bonds. The van der Waals surface area contributed by atoms with E-state index in [9.17, 15) is 4.79 Å². The van der Waals surface area contributed by atoms with Gasteiger partial charge in [0.05, 0.1) is 0 Å². The zero-order chi connectivity index (χ0) is 18.8. The molecule has 4 rings (SSSR count). The van der Waals surface area contributed by atoms with Crippen molar-refractivity contribution in [3.8, 4) is 0 Å². The number of thiazole rings is 1. The molecular formula is C21H17ClN2O2S. The van der Waals surface area contributed by atoms with Gasteiger partial charge in [0.2, 0.25) is 0 Å². The number of halogens is 1. The number of hydrogen-bond acceptors (Lipinski definition) is 4. The van der Waals surface area contributed by atoms with Crippen molar-refractivity contribution in [1.82, 2.24) is 4.98 Å². The Morgan fingerprint density at radius 1 is 1.15 bits per heavy atom. The Hall–Kier alpha value is -2.63. The summed E-state index contributed by atoms with van der Waals surface area (Å²) in [5, 5.41) is 4.75. The monoisotopic (exact) mass is 396 g/mol. The quantitative estimate of drug-likeness (QED) is 0.453.